The van der Waals surface area contributed by atoms with Crippen LogP contribution in [0.1, 0.15) is 35.2 Å². The number of fused-ring (bicyclic) bond motifs is 1. The first-order valence-electron chi connectivity index (χ1n) is 8.13. The number of nitrogens with zero attached hydrogens (tertiary/aromatic N) is 2. The normalized spacial score (nSPS) is 13.0. The lowest BCUT2D eigenvalue weighted by Crippen LogP contribution is -2.19. The molecule has 1 aromatic carbocycles. The van der Waals surface area contributed by atoms with Gasteiger partial charge in [-0.1, -0.05) is 36.3 Å². The van der Waals surface area contributed by atoms with Gasteiger partial charge in [0.15, 0.2) is 0 Å². The van der Waals surface area contributed by atoms with Crippen molar-refractivity contribution in [1.29, 1.82) is 0 Å². The fraction of sp³-hybridized carbons (Fsp3) is 0.350. The van der Waals surface area contributed by atoms with E-state index in [1.165, 1.54) is 34.6 Å². The lowest BCUT2D eigenvalue weighted by Gasteiger charge is -2.15. The molecule has 0 fully saturated rings. The van der Waals surface area contributed by atoms with Crippen molar-refractivity contribution < 1.29 is 4.79 Å². The van der Waals surface area contributed by atoms with Crippen molar-refractivity contribution in [2.24, 2.45) is 0 Å². The molecule has 118 valence electrons. The van der Waals surface area contributed by atoms with Gasteiger partial charge < -0.3 is 9.47 Å². The summed E-state index contributed by atoms with van der Waals surface area (Å²) in [5.41, 5.74) is 5.04. The minimum absolute atomic E-state index is 0.148. The highest BCUT2D eigenvalue weighted by Gasteiger charge is 2.18. The first-order valence-corrected chi connectivity index (χ1v) is 8.13. The molecule has 1 heterocycles. The van der Waals surface area contributed by atoms with Gasteiger partial charge in [-0.25, -0.2) is 0 Å². The maximum Gasteiger partial charge on any atom is 0.298 e. The second kappa shape index (κ2) is 6.75. The molecule has 0 atom stereocenters. The zero-order chi connectivity index (χ0) is 16.2. The van der Waals surface area contributed by atoms with Gasteiger partial charge in [0.2, 0.25) is 0 Å². The van der Waals surface area contributed by atoms with Crippen LogP contribution in [0.3, 0.4) is 0 Å². The first-order chi connectivity index (χ1) is 11.1. The highest BCUT2D eigenvalue weighted by atomic mass is 16.2. The summed E-state index contributed by atoms with van der Waals surface area (Å²) in [5.74, 6) is 5.70. The molecule has 2 aromatic rings. The van der Waals surface area contributed by atoms with E-state index in [0.717, 1.165) is 24.9 Å². The SMILES string of the molecule is CN(C)C(=O)C#Cc1cn(Cc2ccccc2)c2c1CCCC2. The molecule has 1 aliphatic rings. The van der Waals surface area contributed by atoms with Gasteiger partial charge in [0.05, 0.1) is 0 Å². The van der Waals surface area contributed by atoms with Crippen molar-refractivity contribution in [3.8, 4) is 11.8 Å². The van der Waals surface area contributed by atoms with Crippen LogP contribution in [0.4, 0.5) is 0 Å². The Morgan fingerprint density at radius 3 is 2.65 bits per heavy atom. The summed E-state index contributed by atoms with van der Waals surface area (Å²) in [6.07, 6.45) is 6.73. The number of amides is 1. The molecule has 1 aliphatic carbocycles. The third-order valence-corrected chi connectivity index (χ3v) is 4.30. The van der Waals surface area contributed by atoms with Gasteiger partial charge in [-0.05, 0) is 36.8 Å². The molecule has 0 spiro atoms. The molecule has 0 saturated heterocycles. The molecule has 3 rings (SSSR count). The Bertz CT molecular complexity index is 760. The van der Waals surface area contributed by atoms with Crippen molar-refractivity contribution in [1.82, 2.24) is 9.47 Å². The molecule has 0 bridgehead atoms. The van der Waals surface area contributed by atoms with E-state index in [4.69, 9.17) is 0 Å². The number of hydrogen-bond acceptors (Lipinski definition) is 1. The van der Waals surface area contributed by atoms with Gasteiger partial charge in [-0.15, -0.1) is 0 Å². The number of aromatic nitrogens is 1. The monoisotopic (exact) mass is 306 g/mol. The maximum atomic E-state index is 11.7. The van der Waals surface area contributed by atoms with Crippen molar-refractivity contribution >= 4 is 5.91 Å². The van der Waals surface area contributed by atoms with Crippen molar-refractivity contribution in [3.05, 3.63) is 58.9 Å². The van der Waals surface area contributed by atoms with Crippen molar-refractivity contribution in [2.75, 3.05) is 14.1 Å². The number of carbonyl (C=O) groups excluding carboxylic acids is 1. The average Bonchev–Trinajstić information content (AvgIpc) is 2.91. The molecule has 0 radical (unpaired) electrons. The van der Waals surface area contributed by atoms with E-state index in [9.17, 15) is 4.79 Å². The van der Waals surface area contributed by atoms with E-state index in [1.54, 1.807) is 14.1 Å². The third-order valence-electron chi connectivity index (χ3n) is 4.30. The van der Waals surface area contributed by atoms with E-state index in [0.29, 0.717) is 0 Å². The van der Waals surface area contributed by atoms with E-state index in [1.807, 2.05) is 6.07 Å². The first kappa shape index (κ1) is 15.4. The van der Waals surface area contributed by atoms with Gasteiger partial charge >= 0.3 is 0 Å². The summed E-state index contributed by atoms with van der Waals surface area (Å²) >= 11 is 0. The van der Waals surface area contributed by atoms with E-state index >= 15 is 0 Å². The van der Waals surface area contributed by atoms with Gasteiger partial charge in [0.25, 0.3) is 5.91 Å². The summed E-state index contributed by atoms with van der Waals surface area (Å²) in [6.45, 7) is 0.868. The predicted molar refractivity (Wildman–Crippen MR) is 92.2 cm³/mol. The zero-order valence-electron chi connectivity index (χ0n) is 13.8. The van der Waals surface area contributed by atoms with Crippen LogP contribution in [0.2, 0.25) is 0 Å². The van der Waals surface area contributed by atoms with E-state index < -0.39 is 0 Å². The van der Waals surface area contributed by atoms with Gasteiger partial charge in [-0.3, -0.25) is 4.79 Å². The highest BCUT2D eigenvalue weighted by molar-refractivity contribution is 5.93. The second-order valence-corrected chi connectivity index (χ2v) is 6.24. The Hall–Kier alpha value is -2.47. The minimum Gasteiger partial charge on any atom is -0.346 e. The molecular formula is C20H22N2O. The summed E-state index contributed by atoms with van der Waals surface area (Å²) in [4.78, 5) is 13.2. The van der Waals surface area contributed by atoms with E-state index in [2.05, 4.69) is 46.9 Å². The molecule has 23 heavy (non-hydrogen) atoms. The fourth-order valence-corrected chi connectivity index (χ4v) is 3.07. The lowest BCUT2D eigenvalue weighted by molar-refractivity contribution is -0.122. The zero-order valence-corrected chi connectivity index (χ0v) is 13.8. The van der Waals surface area contributed by atoms with Gasteiger partial charge in [-0.2, -0.15) is 0 Å². The molecular weight excluding hydrogens is 284 g/mol. The number of hydrogen-bond donors (Lipinski definition) is 0. The lowest BCUT2D eigenvalue weighted by atomic mass is 9.95. The van der Waals surface area contributed by atoms with Crippen LogP contribution in [0, 0.1) is 11.8 Å². The highest BCUT2D eigenvalue weighted by Crippen LogP contribution is 2.26. The summed E-state index contributed by atoms with van der Waals surface area (Å²) in [6, 6.07) is 10.5. The second-order valence-electron chi connectivity index (χ2n) is 6.24. The summed E-state index contributed by atoms with van der Waals surface area (Å²) < 4.78 is 2.31. The van der Waals surface area contributed by atoms with Gasteiger partial charge in [0, 0.05) is 44.0 Å². The largest absolute Gasteiger partial charge is 0.346 e. The molecule has 1 amide bonds. The van der Waals surface area contributed by atoms with Gasteiger partial charge in [0.1, 0.15) is 0 Å². The number of benzene rings is 1. The number of rotatable bonds is 2. The molecule has 3 nitrogen and oxygen atoms in total. The molecule has 0 saturated carbocycles. The Kier molecular flexibility index (Phi) is 4.52. The van der Waals surface area contributed by atoms with Crippen LogP contribution >= 0.6 is 0 Å². The molecule has 0 unspecified atom stereocenters. The van der Waals surface area contributed by atoms with Crippen LogP contribution in [-0.4, -0.2) is 29.5 Å². The van der Waals surface area contributed by atoms with Crippen LogP contribution < -0.4 is 0 Å². The topological polar surface area (TPSA) is 25.2 Å². The Labute approximate surface area is 137 Å². The predicted octanol–water partition coefficient (Wildman–Crippen LogP) is 2.85. The molecule has 0 N–H and O–H groups in total. The third kappa shape index (κ3) is 3.48. The summed E-state index contributed by atoms with van der Waals surface area (Å²) in [5, 5.41) is 0. The molecule has 0 aliphatic heterocycles. The standard InChI is InChI=1S/C20H22N2O/c1-21(2)20(23)13-12-17-15-22(14-16-8-4-3-5-9-16)19-11-7-6-10-18(17)19/h3-5,8-9,15H,6-7,10-11,14H2,1-2H3. The van der Waals surface area contributed by atoms with Crippen LogP contribution in [0.15, 0.2) is 36.5 Å². The van der Waals surface area contributed by atoms with Crippen LogP contribution in [0.5, 0.6) is 0 Å². The van der Waals surface area contributed by atoms with Crippen LogP contribution in [-0.2, 0) is 24.2 Å². The van der Waals surface area contributed by atoms with E-state index in [-0.39, 0.29) is 5.91 Å². The molecule has 1 aromatic heterocycles. The van der Waals surface area contributed by atoms with Crippen molar-refractivity contribution in [3.63, 3.8) is 0 Å². The Morgan fingerprint density at radius 1 is 1.17 bits per heavy atom. The summed E-state index contributed by atoms with van der Waals surface area (Å²) in [7, 11) is 3.46. The fourth-order valence-electron chi connectivity index (χ4n) is 3.07. The Balaban J connectivity index is 1.93. The smallest absolute Gasteiger partial charge is 0.298 e. The van der Waals surface area contributed by atoms with Crippen LogP contribution in [0.25, 0.3) is 0 Å². The quantitative estimate of drug-likeness (QED) is 0.783. The number of carbonyl (C=O) groups is 1. The minimum atomic E-state index is -0.148. The molecule has 3 heteroatoms. The van der Waals surface area contributed by atoms with Crippen molar-refractivity contribution in [2.45, 2.75) is 32.2 Å². The Morgan fingerprint density at radius 2 is 1.91 bits per heavy atom. The average molecular weight is 306 g/mol. The maximum absolute atomic E-state index is 11.7.